The van der Waals surface area contributed by atoms with Crippen molar-refractivity contribution in [1.82, 2.24) is 19.9 Å². The van der Waals surface area contributed by atoms with Gasteiger partial charge in [-0.05, 0) is 44.0 Å². The lowest BCUT2D eigenvalue weighted by Crippen LogP contribution is -2.25. The predicted molar refractivity (Wildman–Crippen MR) is 112 cm³/mol. The zero-order valence-electron chi connectivity index (χ0n) is 17.1. The first-order chi connectivity index (χ1) is 13.5. The number of nitrogens with zero attached hydrogens (tertiary/aromatic N) is 3. The maximum absolute atomic E-state index is 12.4. The molecule has 0 spiro atoms. The average molecular weight is 377 g/mol. The van der Waals surface area contributed by atoms with Crippen molar-refractivity contribution < 1.29 is 4.79 Å². The number of rotatable bonds is 7. The number of nitrogens with one attached hydrogen (secondary N) is 1. The van der Waals surface area contributed by atoms with Crippen molar-refractivity contribution in [3.63, 3.8) is 0 Å². The van der Waals surface area contributed by atoms with Crippen molar-refractivity contribution in [1.29, 1.82) is 0 Å². The van der Waals surface area contributed by atoms with Crippen molar-refractivity contribution in [2.45, 2.75) is 46.6 Å². The van der Waals surface area contributed by atoms with E-state index in [1.54, 1.807) is 6.20 Å². The molecule has 0 atom stereocenters. The summed E-state index contributed by atoms with van der Waals surface area (Å²) < 4.78 is 2.15. The van der Waals surface area contributed by atoms with E-state index in [1.165, 1.54) is 11.1 Å². The third kappa shape index (κ3) is 4.66. The molecule has 2 heterocycles. The highest BCUT2D eigenvalue weighted by Crippen LogP contribution is 2.22. The molecule has 5 heteroatoms. The molecule has 5 nitrogen and oxygen atoms in total. The Bertz CT molecular complexity index is 941. The van der Waals surface area contributed by atoms with Gasteiger partial charge >= 0.3 is 0 Å². The second kappa shape index (κ2) is 8.83. The fourth-order valence-electron chi connectivity index (χ4n) is 3.26. The normalized spacial score (nSPS) is 11.0. The van der Waals surface area contributed by atoms with Crippen LogP contribution in [-0.4, -0.2) is 27.0 Å². The fraction of sp³-hybridized carbons (Fsp3) is 0.348. The van der Waals surface area contributed by atoms with E-state index in [0.29, 0.717) is 18.0 Å². The van der Waals surface area contributed by atoms with Crippen LogP contribution in [0.4, 0.5) is 0 Å². The van der Waals surface area contributed by atoms with E-state index in [9.17, 15) is 4.79 Å². The first-order valence-electron chi connectivity index (χ1n) is 9.78. The molecule has 0 unspecified atom stereocenters. The summed E-state index contributed by atoms with van der Waals surface area (Å²) in [4.78, 5) is 21.3. The monoisotopic (exact) mass is 376 g/mol. The summed E-state index contributed by atoms with van der Waals surface area (Å²) in [6, 6.07) is 10.1. The Morgan fingerprint density at radius 3 is 2.68 bits per heavy atom. The number of benzene rings is 1. The van der Waals surface area contributed by atoms with Gasteiger partial charge in [0.1, 0.15) is 5.82 Å². The van der Waals surface area contributed by atoms with E-state index in [1.807, 2.05) is 24.5 Å². The Labute approximate surface area is 166 Å². The smallest absolute Gasteiger partial charge is 0.252 e. The summed E-state index contributed by atoms with van der Waals surface area (Å²) in [7, 11) is 0. The largest absolute Gasteiger partial charge is 0.352 e. The Morgan fingerprint density at radius 2 is 1.96 bits per heavy atom. The Balaban J connectivity index is 1.55. The van der Waals surface area contributed by atoms with E-state index in [-0.39, 0.29) is 5.91 Å². The molecule has 3 rings (SSSR count). The van der Waals surface area contributed by atoms with Gasteiger partial charge < -0.3 is 9.88 Å². The van der Waals surface area contributed by atoms with Gasteiger partial charge in [0.05, 0.1) is 11.3 Å². The Hall–Kier alpha value is -2.95. The van der Waals surface area contributed by atoms with Crippen molar-refractivity contribution in [2.24, 2.45) is 0 Å². The molecule has 1 N–H and O–H groups in total. The molecule has 1 aromatic carbocycles. The van der Waals surface area contributed by atoms with Crippen LogP contribution in [0.5, 0.6) is 0 Å². The molecule has 146 valence electrons. The fourth-order valence-corrected chi connectivity index (χ4v) is 3.26. The molecular weight excluding hydrogens is 348 g/mol. The molecule has 0 aliphatic carbocycles. The highest BCUT2D eigenvalue weighted by Gasteiger charge is 2.09. The van der Waals surface area contributed by atoms with Crippen LogP contribution < -0.4 is 5.32 Å². The third-order valence-electron chi connectivity index (χ3n) is 4.82. The van der Waals surface area contributed by atoms with Crippen LogP contribution >= 0.6 is 0 Å². The molecule has 1 amide bonds. The van der Waals surface area contributed by atoms with E-state index >= 15 is 0 Å². The lowest BCUT2D eigenvalue weighted by molar-refractivity contribution is 0.0952. The summed E-state index contributed by atoms with van der Waals surface area (Å²) in [5.74, 6) is 1.39. The topological polar surface area (TPSA) is 59.8 Å². The lowest BCUT2D eigenvalue weighted by Gasteiger charge is -2.11. The molecule has 0 aliphatic heterocycles. The lowest BCUT2D eigenvalue weighted by atomic mass is 10.0. The summed E-state index contributed by atoms with van der Waals surface area (Å²) in [5, 5.41) is 2.98. The van der Waals surface area contributed by atoms with Crippen LogP contribution in [0.1, 0.15) is 53.5 Å². The van der Waals surface area contributed by atoms with Gasteiger partial charge in [0.2, 0.25) is 0 Å². The van der Waals surface area contributed by atoms with Crippen LogP contribution in [-0.2, 0) is 6.54 Å². The first kappa shape index (κ1) is 19.8. The first-order valence-corrected chi connectivity index (χ1v) is 9.78. The SMILES string of the molecule is Cc1ccc(C)c(-c2ccc(C(=O)NCCCn3ccnc3C(C)C)cn2)c1. The highest BCUT2D eigenvalue weighted by atomic mass is 16.1. The van der Waals surface area contributed by atoms with E-state index < -0.39 is 0 Å². The van der Waals surface area contributed by atoms with Gasteiger partial charge in [-0.15, -0.1) is 0 Å². The van der Waals surface area contributed by atoms with Crippen LogP contribution in [0.25, 0.3) is 11.3 Å². The molecule has 0 saturated carbocycles. The zero-order chi connectivity index (χ0) is 20.1. The minimum atomic E-state index is -0.0882. The number of imidazole rings is 1. The molecule has 0 radical (unpaired) electrons. The number of carbonyl (C=O) groups is 1. The van der Waals surface area contributed by atoms with Crippen molar-refractivity contribution >= 4 is 5.91 Å². The van der Waals surface area contributed by atoms with Gasteiger partial charge in [0.15, 0.2) is 0 Å². The Kier molecular flexibility index (Phi) is 6.24. The summed E-state index contributed by atoms with van der Waals surface area (Å²) in [5.41, 5.74) is 4.95. The van der Waals surface area contributed by atoms with Gasteiger partial charge in [0.25, 0.3) is 5.91 Å². The molecule has 0 bridgehead atoms. The number of pyridine rings is 1. The number of amides is 1. The van der Waals surface area contributed by atoms with Gasteiger partial charge in [0, 0.05) is 43.2 Å². The summed E-state index contributed by atoms with van der Waals surface area (Å²) >= 11 is 0. The molecule has 0 fully saturated rings. The van der Waals surface area contributed by atoms with E-state index in [0.717, 1.165) is 30.0 Å². The Morgan fingerprint density at radius 1 is 1.14 bits per heavy atom. The molecule has 2 aromatic heterocycles. The minimum Gasteiger partial charge on any atom is -0.352 e. The van der Waals surface area contributed by atoms with Gasteiger partial charge in [-0.25, -0.2) is 4.98 Å². The zero-order valence-corrected chi connectivity index (χ0v) is 17.1. The van der Waals surface area contributed by atoms with Crippen LogP contribution in [0.2, 0.25) is 0 Å². The second-order valence-electron chi connectivity index (χ2n) is 7.49. The molecule has 0 aliphatic rings. The predicted octanol–water partition coefficient (Wildman–Crippen LogP) is 4.51. The maximum Gasteiger partial charge on any atom is 0.252 e. The summed E-state index contributed by atoms with van der Waals surface area (Å²) in [6.07, 6.45) is 6.33. The quantitative estimate of drug-likeness (QED) is 0.617. The van der Waals surface area contributed by atoms with Crippen molar-refractivity contribution in [3.8, 4) is 11.3 Å². The van der Waals surface area contributed by atoms with Crippen LogP contribution in [0.3, 0.4) is 0 Å². The van der Waals surface area contributed by atoms with Gasteiger partial charge in [-0.3, -0.25) is 9.78 Å². The summed E-state index contributed by atoms with van der Waals surface area (Å²) in [6.45, 7) is 9.87. The molecule has 28 heavy (non-hydrogen) atoms. The highest BCUT2D eigenvalue weighted by molar-refractivity contribution is 5.94. The van der Waals surface area contributed by atoms with Crippen molar-refractivity contribution in [3.05, 3.63) is 71.4 Å². The number of hydrogen-bond donors (Lipinski definition) is 1. The average Bonchev–Trinajstić information content (AvgIpc) is 3.16. The second-order valence-corrected chi connectivity index (χ2v) is 7.49. The molecule has 0 saturated heterocycles. The van der Waals surface area contributed by atoms with Crippen molar-refractivity contribution in [2.75, 3.05) is 6.54 Å². The van der Waals surface area contributed by atoms with E-state index in [2.05, 4.69) is 65.7 Å². The number of aryl methyl sites for hydroxylation is 3. The van der Waals surface area contributed by atoms with Crippen LogP contribution in [0, 0.1) is 13.8 Å². The molecular formula is C23H28N4O. The number of hydrogen-bond acceptors (Lipinski definition) is 3. The number of aromatic nitrogens is 3. The number of carbonyl (C=O) groups excluding carboxylic acids is 1. The third-order valence-corrected chi connectivity index (χ3v) is 4.82. The molecule has 3 aromatic rings. The maximum atomic E-state index is 12.4. The van der Waals surface area contributed by atoms with Gasteiger partial charge in [-0.1, -0.05) is 31.5 Å². The van der Waals surface area contributed by atoms with Gasteiger partial charge in [-0.2, -0.15) is 0 Å². The minimum absolute atomic E-state index is 0.0882. The standard InChI is InChI=1S/C23H28N4O/c1-16(2)22-24-11-13-27(22)12-5-10-25-23(28)19-8-9-21(26-15-19)20-14-17(3)6-7-18(20)4/h6-9,11,13-16H,5,10,12H2,1-4H3,(H,25,28). The van der Waals surface area contributed by atoms with Crippen LogP contribution in [0.15, 0.2) is 48.9 Å². The van der Waals surface area contributed by atoms with E-state index in [4.69, 9.17) is 0 Å².